The molecule has 12 nitrogen and oxygen atoms in total. The van der Waals surface area contributed by atoms with Crippen molar-refractivity contribution in [1.82, 2.24) is 0 Å². The number of hydrogen-bond donors (Lipinski definition) is 0. The van der Waals surface area contributed by atoms with Crippen LogP contribution < -0.4 is 14.2 Å². The molecule has 4 aromatic rings. The zero-order valence-electron chi connectivity index (χ0n) is 34.2. The molecule has 1 atom stereocenters. The quantitative estimate of drug-likeness (QED) is 0.0185. The van der Waals surface area contributed by atoms with E-state index in [9.17, 15) is 24.0 Å². The zero-order valence-corrected chi connectivity index (χ0v) is 34.2. The van der Waals surface area contributed by atoms with Crippen LogP contribution in [0.4, 0.5) is 0 Å². The van der Waals surface area contributed by atoms with Gasteiger partial charge in [0.15, 0.2) is 6.10 Å². The molecule has 12 heteroatoms. The molecule has 0 bridgehead atoms. The lowest BCUT2D eigenvalue weighted by atomic mass is 10.1. The van der Waals surface area contributed by atoms with Gasteiger partial charge in [0.1, 0.15) is 23.9 Å². The number of rotatable bonds is 27. The van der Waals surface area contributed by atoms with Gasteiger partial charge in [-0.1, -0.05) is 55.6 Å². The molecule has 1 unspecified atom stereocenters. The van der Waals surface area contributed by atoms with Crippen LogP contribution in [0, 0.1) is 0 Å². The number of ether oxygens (including phenoxy) is 7. The van der Waals surface area contributed by atoms with E-state index in [-0.39, 0.29) is 17.9 Å². The van der Waals surface area contributed by atoms with Crippen molar-refractivity contribution < 1.29 is 57.1 Å². The first-order valence-electron chi connectivity index (χ1n) is 20.2. The normalized spacial score (nSPS) is 11.1. The molecular weight excluding hydrogens is 781 g/mol. The molecule has 0 radical (unpaired) electrons. The van der Waals surface area contributed by atoms with Crippen molar-refractivity contribution in [2.24, 2.45) is 0 Å². The molecule has 61 heavy (non-hydrogen) atoms. The van der Waals surface area contributed by atoms with E-state index in [1.54, 1.807) is 54.6 Å². The fourth-order valence-electron chi connectivity index (χ4n) is 5.59. The maximum atomic E-state index is 13.0. The number of carbonyl (C=O) groups is 5. The van der Waals surface area contributed by atoms with E-state index in [1.165, 1.54) is 30.3 Å². The Morgan fingerprint density at radius 3 is 1.49 bits per heavy atom. The van der Waals surface area contributed by atoms with Gasteiger partial charge in [0.05, 0.1) is 37.6 Å². The number of unbranched alkanes of at least 4 members (excludes halogenated alkanes) is 6. The van der Waals surface area contributed by atoms with Crippen LogP contribution in [0.5, 0.6) is 17.2 Å². The summed E-state index contributed by atoms with van der Waals surface area (Å²) in [5.41, 5.74) is 1.95. The van der Waals surface area contributed by atoms with Crippen molar-refractivity contribution in [2.75, 3.05) is 33.0 Å². The smallest absolute Gasteiger partial charge is 0.343 e. The molecule has 0 fully saturated rings. The molecule has 0 spiro atoms. The van der Waals surface area contributed by atoms with E-state index < -0.39 is 36.0 Å². The summed E-state index contributed by atoms with van der Waals surface area (Å²) in [4.78, 5) is 60.8. The lowest BCUT2D eigenvalue weighted by Crippen LogP contribution is -2.18. The molecule has 0 aliphatic rings. The van der Waals surface area contributed by atoms with E-state index in [0.29, 0.717) is 49.1 Å². The van der Waals surface area contributed by atoms with Gasteiger partial charge in [-0.25, -0.2) is 24.0 Å². The van der Waals surface area contributed by atoms with Crippen LogP contribution in [-0.2, 0) is 33.3 Å². The second-order valence-corrected chi connectivity index (χ2v) is 13.5. The summed E-state index contributed by atoms with van der Waals surface area (Å²) in [5.74, 6) is -1.11. The predicted octanol–water partition coefficient (Wildman–Crippen LogP) is 9.40. The molecule has 0 heterocycles. The van der Waals surface area contributed by atoms with Crippen LogP contribution in [0.1, 0.15) is 89.3 Å². The summed E-state index contributed by atoms with van der Waals surface area (Å²) >= 11 is 0. The Kier molecular flexibility index (Phi) is 20.6. The van der Waals surface area contributed by atoms with Crippen LogP contribution in [0.15, 0.2) is 135 Å². The third-order valence-electron chi connectivity index (χ3n) is 8.91. The fourth-order valence-corrected chi connectivity index (χ4v) is 5.59. The maximum absolute atomic E-state index is 13.0. The topological polar surface area (TPSA) is 150 Å². The van der Waals surface area contributed by atoms with Crippen molar-refractivity contribution in [3.8, 4) is 17.2 Å². The Labute approximate surface area is 356 Å². The monoisotopic (exact) mass is 832 g/mol. The minimum atomic E-state index is -0.871. The first kappa shape index (κ1) is 46.7. The van der Waals surface area contributed by atoms with Crippen LogP contribution in [0.3, 0.4) is 0 Å². The van der Waals surface area contributed by atoms with Crippen molar-refractivity contribution in [2.45, 2.75) is 57.5 Å². The highest BCUT2D eigenvalue weighted by Crippen LogP contribution is 2.22. The molecule has 0 aliphatic heterocycles. The lowest BCUT2D eigenvalue weighted by Gasteiger charge is -2.17. The Balaban J connectivity index is 1.17. The first-order valence-corrected chi connectivity index (χ1v) is 20.2. The summed E-state index contributed by atoms with van der Waals surface area (Å²) in [5, 5.41) is 0. The van der Waals surface area contributed by atoms with Gasteiger partial charge in [-0.15, -0.1) is 0 Å². The Bertz CT molecular complexity index is 2020. The Morgan fingerprint density at radius 2 is 0.967 bits per heavy atom. The molecule has 0 aromatic heterocycles. The summed E-state index contributed by atoms with van der Waals surface area (Å²) in [6.07, 6.45) is 11.3. The molecule has 0 N–H and O–H groups in total. The summed E-state index contributed by atoms with van der Waals surface area (Å²) < 4.78 is 38.2. The van der Waals surface area contributed by atoms with E-state index >= 15 is 0 Å². The lowest BCUT2D eigenvalue weighted by molar-refractivity contribution is -0.145. The molecule has 0 amide bonds. The van der Waals surface area contributed by atoms with Gasteiger partial charge in [0.25, 0.3) is 0 Å². The average Bonchev–Trinajstić information content (AvgIpc) is 3.29. The van der Waals surface area contributed by atoms with Crippen molar-refractivity contribution in [3.63, 3.8) is 0 Å². The minimum Gasteiger partial charge on any atom is -0.494 e. The van der Waals surface area contributed by atoms with E-state index in [2.05, 4.69) is 13.2 Å². The van der Waals surface area contributed by atoms with Gasteiger partial charge < -0.3 is 33.2 Å². The van der Waals surface area contributed by atoms with Crippen LogP contribution in [0.25, 0.3) is 6.08 Å². The third-order valence-corrected chi connectivity index (χ3v) is 8.91. The first-order chi connectivity index (χ1) is 29.7. The van der Waals surface area contributed by atoms with Crippen LogP contribution in [-0.4, -0.2) is 62.9 Å². The summed E-state index contributed by atoms with van der Waals surface area (Å²) in [6, 6.07) is 28.8. The Morgan fingerprint density at radius 1 is 0.492 bits per heavy atom. The van der Waals surface area contributed by atoms with E-state index in [0.717, 1.165) is 69.1 Å². The predicted molar refractivity (Wildman–Crippen MR) is 229 cm³/mol. The third kappa shape index (κ3) is 18.2. The van der Waals surface area contributed by atoms with E-state index in [4.69, 9.17) is 33.2 Å². The van der Waals surface area contributed by atoms with Gasteiger partial charge >= 0.3 is 29.8 Å². The molecule has 0 saturated carbocycles. The van der Waals surface area contributed by atoms with Crippen LogP contribution in [0.2, 0.25) is 0 Å². The van der Waals surface area contributed by atoms with Gasteiger partial charge in [0.2, 0.25) is 0 Å². The number of esters is 5. The average molecular weight is 833 g/mol. The van der Waals surface area contributed by atoms with Crippen molar-refractivity contribution in [1.29, 1.82) is 0 Å². The van der Waals surface area contributed by atoms with Crippen molar-refractivity contribution in [3.05, 3.63) is 157 Å². The number of hydrogen-bond acceptors (Lipinski definition) is 12. The molecular formula is C49H52O12. The van der Waals surface area contributed by atoms with Crippen molar-refractivity contribution >= 4 is 35.9 Å². The fraction of sp³-hybridized carbons (Fsp3) is 0.286. The molecule has 4 aromatic carbocycles. The Hall–Kier alpha value is -6.95. The number of benzene rings is 4. The largest absolute Gasteiger partial charge is 0.494 e. The molecule has 320 valence electrons. The molecule has 4 rings (SSSR count). The second kappa shape index (κ2) is 26.9. The highest BCUT2D eigenvalue weighted by molar-refractivity contribution is 5.92. The second-order valence-electron chi connectivity index (χ2n) is 13.5. The van der Waals surface area contributed by atoms with Gasteiger partial charge in [-0.05, 0) is 129 Å². The minimum absolute atomic E-state index is 0.214. The van der Waals surface area contributed by atoms with Crippen LogP contribution >= 0.6 is 0 Å². The zero-order chi connectivity index (χ0) is 43.5. The summed E-state index contributed by atoms with van der Waals surface area (Å²) in [7, 11) is 0. The number of carbonyl (C=O) groups excluding carboxylic acids is 5. The van der Waals surface area contributed by atoms with Gasteiger partial charge in [0, 0.05) is 18.2 Å². The summed E-state index contributed by atoms with van der Waals surface area (Å²) in [6.45, 7) is 8.32. The SMILES string of the molecule is C=CC(=O)OCCCCCCOc1ccc(C=CC(=O)OC(COC(=O)c2ccc(OC(=O)c3ccc(OCCCCCCOC(=O)C=C)cc3)cc2)c2ccccc2)cc1. The highest BCUT2D eigenvalue weighted by atomic mass is 16.6. The molecule has 0 aliphatic carbocycles. The van der Waals surface area contributed by atoms with Gasteiger partial charge in [-0.2, -0.15) is 0 Å². The van der Waals surface area contributed by atoms with E-state index in [1.807, 2.05) is 30.3 Å². The maximum Gasteiger partial charge on any atom is 0.343 e. The highest BCUT2D eigenvalue weighted by Gasteiger charge is 2.19. The van der Waals surface area contributed by atoms with Gasteiger partial charge in [-0.3, -0.25) is 0 Å². The molecule has 0 saturated heterocycles. The standard InChI is InChI=1S/C49H52O12/c1-3-45(50)57-34-14-7-5-12-32-55-41-25-18-37(19-26-41)20-31-47(52)61-44(38-16-10-9-11-17-38)36-59-48(53)39-23-29-43(30-24-39)60-49(54)40-21-27-42(28-22-40)56-33-13-6-8-15-35-58-46(51)4-2/h3-4,9-11,16-31,44H,1-2,5-8,12-15,32-36H2.